The molecule has 0 atom stereocenters. The van der Waals surface area contributed by atoms with Crippen molar-refractivity contribution in [2.75, 3.05) is 0 Å². The number of hydrogen-bond donors (Lipinski definition) is 0. The van der Waals surface area contributed by atoms with E-state index >= 15 is 0 Å². The van der Waals surface area contributed by atoms with Gasteiger partial charge < -0.3 is 0 Å². The number of benzene rings is 1. The van der Waals surface area contributed by atoms with Crippen LogP contribution in [0.15, 0.2) is 33.4 Å². The number of sulfone groups is 1. The molecule has 116 valence electrons. The van der Waals surface area contributed by atoms with Crippen molar-refractivity contribution in [1.29, 1.82) is 0 Å². The second-order valence-corrected chi connectivity index (χ2v) is 7.34. The van der Waals surface area contributed by atoms with Crippen LogP contribution in [0.5, 0.6) is 0 Å². The Morgan fingerprint density at radius 1 is 1.27 bits per heavy atom. The second-order valence-electron chi connectivity index (χ2n) is 4.17. The van der Waals surface area contributed by atoms with Crippen molar-refractivity contribution in [2.45, 2.75) is 16.0 Å². The Bertz CT molecular complexity index is 889. The van der Waals surface area contributed by atoms with Crippen LogP contribution in [-0.2, 0) is 9.84 Å². The van der Waals surface area contributed by atoms with Crippen molar-refractivity contribution in [2.24, 2.45) is 0 Å². The number of nitro groups is 1. The van der Waals surface area contributed by atoms with E-state index in [0.29, 0.717) is 23.5 Å². The molecule has 6 nitrogen and oxygen atoms in total. The van der Waals surface area contributed by atoms with Gasteiger partial charge in [-0.1, -0.05) is 0 Å². The number of Topliss-reactive ketones (excluding diaryl/α,β-unsaturated/α-hetero) is 1. The number of ketones is 1. The largest absolute Gasteiger partial charge is 0.299 e. The van der Waals surface area contributed by atoms with E-state index < -0.39 is 47.0 Å². The summed E-state index contributed by atoms with van der Waals surface area (Å²) in [4.78, 5) is 20.2. The lowest BCUT2D eigenvalue weighted by atomic mass is 10.3. The molecule has 1 aromatic carbocycles. The lowest BCUT2D eigenvalue weighted by Gasteiger charge is -2.03. The Morgan fingerprint density at radius 3 is 2.41 bits per heavy atom. The average molecular weight is 347 g/mol. The number of rotatable bonds is 4. The van der Waals surface area contributed by atoms with Gasteiger partial charge in [-0.2, -0.15) is 0 Å². The van der Waals surface area contributed by atoms with E-state index in [1.165, 1.54) is 0 Å². The second kappa shape index (κ2) is 5.54. The van der Waals surface area contributed by atoms with Crippen molar-refractivity contribution in [3.63, 3.8) is 0 Å². The summed E-state index contributed by atoms with van der Waals surface area (Å²) in [6.07, 6.45) is 0. The molecular weight excluding hydrogens is 340 g/mol. The van der Waals surface area contributed by atoms with Gasteiger partial charge in [0, 0.05) is 12.1 Å². The van der Waals surface area contributed by atoms with Crippen molar-refractivity contribution in [3.8, 4) is 0 Å². The van der Waals surface area contributed by atoms with Crippen LogP contribution in [0, 0.1) is 21.7 Å². The third kappa shape index (κ3) is 2.74. The van der Waals surface area contributed by atoms with E-state index in [1.807, 2.05) is 0 Å². The SMILES string of the molecule is CC(=O)c1cc([N+](=O)[O-])c(S(=O)(=O)c2ccc(F)cc2F)s1. The molecule has 2 aromatic rings. The smallest absolute Gasteiger partial charge is 0.294 e. The van der Waals surface area contributed by atoms with E-state index in [0.717, 1.165) is 19.1 Å². The number of thiophene rings is 1. The summed E-state index contributed by atoms with van der Waals surface area (Å²) in [6, 6.07) is 2.58. The maximum Gasteiger partial charge on any atom is 0.299 e. The van der Waals surface area contributed by atoms with Crippen LogP contribution in [0.1, 0.15) is 16.6 Å². The van der Waals surface area contributed by atoms with Gasteiger partial charge in [-0.25, -0.2) is 17.2 Å². The third-order valence-corrected chi connectivity index (χ3v) is 6.19. The summed E-state index contributed by atoms with van der Waals surface area (Å²) in [5.74, 6) is -2.91. The van der Waals surface area contributed by atoms with Crippen LogP contribution >= 0.6 is 11.3 Å². The number of carbonyl (C=O) groups is 1. The monoisotopic (exact) mass is 347 g/mol. The first kappa shape index (κ1) is 16.2. The van der Waals surface area contributed by atoms with E-state index in [2.05, 4.69) is 0 Å². The summed E-state index contributed by atoms with van der Waals surface area (Å²) in [5, 5.41) is 11.0. The highest BCUT2D eigenvalue weighted by molar-refractivity contribution is 7.93. The predicted molar refractivity (Wildman–Crippen MR) is 72.8 cm³/mol. The van der Waals surface area contributed by atoms with Gasteiger partial charge in [0.2, 0.25) is 14.0 Å². The summed E-state index contributed by atoms with van der Waals surface area (Å²) < 4.78 is 50.5. The zero-order valence-corrected chi connectivity index (χ0v) is 12.5. The van der Waals surface area contributed by atoms with Gasteiger partial charge in [0.15, 0.2) is 5.78 Å². The maximum atomic E-state index is 13.7. The molecule has 22 heavy (non-hydrogen) atoms. The molecule has 0 aliphatic heterocycles. The highest BCUT2D eigenvalue weighted by Gasteiger charge is 2.34. The number of carbonyl (C=O) groups excluding carboxylic acids is 1. The minimum absolute atomic E-state index is 0.146. The molecule has 0 amide bonds. The molecule has 0 aliphatic carbocycles. The van der Waals surface area contributed by atoms with Crippen LogP contribution < -0.4 is 0 Å². The van der Waals surface area contributed by atoms with Gasteiger partial charge >= 0.3 is 0 Å². The maximum absolute atomic E-state index is 13.7. The Labute approximate surface area is 127 Å². The van der Waals surface area contributed by atoms with Crippen molar-refractivity contribution >= 4 is 32.6 Å². The minimum Gasteiger partial charge on any atom is -0.294 e. The highest BCUT2D eigenvalue weighted by Crippen LogP contribution is 2.37. The molecule has 0 radical (unpaired) electrons. The first-order valence-electron chi connectivity index (χ1n) is 5.64. The topological polar surface area (TPSA) is 94.3 Å². The quantitative estimate of drug-likeness (QED) is 0.367. The van der Waals surface area contributed by atoms with Crippen LogP contribution in [0.2, 0.25) is 0 Å². The molecule has 0 spiro atoms. The molecule has 0 N–H and O–H groups in total. The minimum atomic E-state index is -4.59. The molecule has 0 saturated carbocycles. The molecule has 0 aliphatic rings. The molecule has 1 aromatic heterocycles. The van der Waals surface area contributed by atoms with Gasteiger partial charge in [-0.3, -0.25) is 14.9 Å². The highest BCUT2D eigenvalue weighted by atomic mass is 32.2. The van der Waals surface area contributed by atoms with Crippen LogP contribution in [0.25, 0.3) is 0 Å². The Hall–Kier alpha value is -2.20. The van der Waals surface area contributed by atoms with E-state index in [-0.39, 0.29) is 4.88 Å². The van der Waals surface area contributed by atoms with Crippen LogP contribution in [-0.4, -0.2) is 19.1 Å². The van der Waals surface area contributed by atoms with Gasteiger partial charge in [0.1, 0.15) is 16.5 Å². The standard InChI is InChI=1S/C12H7F2NO5S2/c1-6(16)10-5-9(15(17)18)12(21-10)22(19,20)11-3-2-7(13)4-8(11)14/h2-5H,1H3. The normalized spacial score (nSPS) is 11.4. The third-order valence-electron chi connectivity index (χ3n) is 2.65. The molecule has 0 fully saturated rings. The van der Waals surface area contributed by atoms with Gasteiger partial charge in [0.25, 0.3) is 5.69 Å². The van der Waals surface area contributed by atoms with Crippen molar-refractivity contribution < 1.29 is 26.9 Å². The van der Waals surface area contributed by atoms with E-state index in [9.17, 15) is 32.1 Å². The zero-order chi connectivity index (χ0) is 16.7. The lowest BCUT2D eigenvalue weighted by Crippen LogP contribution is -2.05. The number of hydrogen-bond acceptors (Lipinski definition) is 6. The van der Waals surface area contributed by atoms with Crippen molar-refractivity contribution in [1.82, 2.24) is 0 Å². The van der Waals surface area contributed by atoms with E-state index in [4.69, 9.17) is 0 Å². The fraction of sp³-hybridized carbons (Fsp3) is 0.0833. The number of nitrogens with zero attached hydrogens (tertiary/aromatic N) is 1. The lowest BCUT2D eigenvalue weighted by molar-refractivity contribution is -0.387. The molecular formula is C12H7F2NO5S2. The Balaban J connectivity index is 2.73. The predicted octanol–water partition coefficient (Wildman–Crippen LogP) is 2.97. The van der Waals surface area contributed by atoms with Gasteiger partial charge in [-0.15, -0.1) is 11.3 Å². The molecule has 2 rings (SSSR count). The molecule has 0 bridgehead atoms. The fourth-order valence-electron chi connectivity index (χ4n) is 1.65. The van der Waals surface area contributed by atoms with Crippen molar-refractivity contribution in [3.05, 3.63) is 50.9 Å². The van der Waals surface area contributed by atoms with Crippen LogP contribution in [0.3, 0.4) is 0 Å². The molecule has 10 heteroatoms. The van der Waals surface area contributed by atoms with Gasteiger partial charge in [0.05, 0.1) is 9.80 Å². The molecule has 0 saturated heterocycles. The zero-order valence-electron chi connectivity index (χ0n) is 10.9. The number of halogens is 2. The summed E-state index contributed by atoms with van der Waals surface area (Å²) >= 11 is 0.371. The summed E-state index contributed by atoms with van der Waals surface area (Å²) in [5.41, 5.74) is -0.820. The first-order chi connectivity index (χ1) is 10.1. The Morgan fingerprint density at radius 2 is 1.91 bits per heavy atom. The van der Waals surface area contributed by atoms with Crippen LogP contribution in [0.4, 0.5) is 14.5 Å². The van der Waals surface area contributed by atoms with Gasteiger partial charge in [-0.05, 0) is 19.1 Å². The van der Waals surface area contributed by atoms with E-state index in [1.54, 1.807) is 0 Å². The molecule has 0 unspecified atom stereocenters. The first-order valence-corrected chi connectivity index (χ1v) is 7.94. The summed E-state index contributed by atoms with van der Waals surface area (Å²) in [7, 11) is -4.59. The summed E-state index contributed by atoms with van der Waals surface area (Å²) in [6.45, 7) is 1.12. The Kier molecular flexibility index (Phi) is 4.07. The molecule has 1 heterocycles. The average Bonchev–Trinajstić information content (AvgIpc) is 2.84. The fourth-order valence-corrected chi connectivity index (χ4v) is 4.55.